The number of esters is 3. The number of rotatable bonds is 61. The van der Waals surface area contributed by atoms with Gasteiger partial charge in [-0.3, -0.25) is 14.4 Å². The smallest absolute Gasteiger partial charge is 0.306 e. The Bertz CT molecular complexity index is 1420. The van der Waals surface area contributed by atoms with Crippen molar-refractivity contribution in [1.29, 1.82) is 0 Å². The largest absolute Gasteiger partial charge is 0.462 e. The van der Waals surface area contributed by atoms with E-state index in [0.29, 0.717) is 19.3 Å². The first-order chi connectivity index (χ1) is 38.0. The number of hydrogen-bond acceptors (Lipinski definition) is 6. The highest BCUT2D eigenvalue weighted by Gasteiger charge is 2.19. The molecule has 0 N–H and O–H groups in total. The lowest BCUT2D eigenvalue weighted by Gasteiger charge is -2.18. The van der Waals surface area contributed by atoms with Gasteiger partial charge in [0.2, 0.25) is 0 Å². The summed E-state index contributed by atoms with van der Waals surface area (Å²) in [7, 11) is 0. The zero-order valence-electron chi connectivity index (χ0n) is 51.2. The summed E-state index contributed by atoms with van der Waals surface area (Å²) in [5.74, 6) is -0.854. The topological polar surface area (TPSA) is 78.9 Å². The average molecular weight is 1080 g/mol. The molecule has 0 aromatic heterocycles. The van der Waals surface area contributed by atoms with Crippen LogP contribution in [-0.4, -0.2) is 37.2 Å². The van der Waals surface area contributed by atoms with Gasteiger partial charge < -0.3 is 14.2 Å². The van der Waals surface area contributed by atoms with Gasteiger partial charge in [0.25, 0.3) is 0 Å². The SMILES string of the molecule is CC/C=C\C/C=C\C/C=C\C/C=C\C/C=C\C/C=C\CCCCCCCCCCCCC(=O)OCC(COC(=O)CCCCCCCCCCCCCCC)OC(=O)CCCCCCCCCCCCCCCCCCC. The Kier molecular flexibility index (Phi) is 62.7. The van der Waals surface area contributed by atoms with E-state index in [1.807, 2.05) is 0 Å². The van der Waals surface area contributed by atoms with Crippen LogP contribution in [0.1, 0.15) is 342 Å². The number of ether oxygens (including phenoxy) is 3. The van der Waals surface area contributed by atoms with Crippen LogP contribution >= 0.6 is 0 Å². The van der Waals surface area contributed by atoms with Crippen LogP contribution in [0, 0.1) is 0 Å². The molecule has 0 saturated heterocycles. The normalized spacial score (nSPS) is 12.5. The van der Waals surface area contributed by atoms with E-state index >= 15 is 0 Å². The number of allylic oxidation sites excluding steroid dienone is 12. The second-order valence-corrected chi connectivity index (χ2v) is 22.4. The van der Waals surface area contributed by atoms with Crippen molar-refractivity contribution in [3.05, 3.63) is 72.9 Å². The average Bonchev–Trinajstić information content (AvgIpc) is 3.43. The van der Waals surface area contributed by atoms with Gasteiger partial charge in [0, 0.05) is 19.3 Å². The van der Waals surface area contributed by atoms with Gasteiger partial charge in [-0.25, -0.2) is 0 Å². The molecule has 0 saturated carbocycles. The van der Waals surface area contributed by atoms with E-state index in [2.05, 4.69) is 93.7 Å². The molecule has 0 amide bonds. The Morgan fingerprint density at radius 3 is 0.792 bits per heavy atom. The summed E-state index contributed by atoms with van der Waals surface area (Å²) < 4.78 is 17.0. The third-order valence-electron chi connectivity index (χ3n) is 14.7. The van der Waals surface area contributed by atoms with E-state index in [4.69, 9.17) is 14.2 Å². The molecule has 0 aliphatic carbocycles. The summed E-state index contributed by atoms with van der Waals surface area (Å²) in [4.78, 5) is 38.3. The van der Waals surface area contributed by atoms with Crippen molar-refractivity contribution in [2.24, 2.45) is 0 Å². The summed E-state index contributed by atoms with van der Waals surface area (Å²) in [6.07, 6.45) is 84.8. The lowest BCUT2D eigenvalue weighted by atomic mass is 10.0. The molecule has 6 nitrogen and oxygen atoms in total. The molecule has 446 valence electrons. The standard InChI is InChI=1S/C71H126O6/c1-4-7-10-13-16-19-22-25-27-29-30-31-32-33-34-35-36-37-38-39-40-42-43-46-49-52-55-58-61-64-70(73)76-67-68(66-75-69(72)63-60-57-54-51-48-45-24-21-18-15-12-9-6-3)77-71(74)65-62-59-56-53-50-47-44-41-28-26-23-20-17-14-11-8-5-2/h7,10,16,19,25,27,30-31,33-34,36-37,68H,4-6,8-9,11-15,17-18,20-24,26,28-29,32,35,38-67H2,1-3H3/b10-7-,19-16-,27-25-,31-30-,34-33-,37-36-. The molecule has 6 heteroatoms. The van der Waals surface area contributed by atoms with Gasteiger partial charge in [-0.15, -0.1) is 0 Å². The van der Waals surface area contributed by atoms with Crippen molar-refractivity contribution in [3.63, 3.8) is 0 Å². The van der Waals surface area contributed by atoms with Gasteiger partial charge in [-0.2, -0.15) is 0 Å². The lowest BCUT2D eigenvalue weighted by molar-refractivity contribution is -0.167. The van der Waals surface area contributed by atoms with Gasteiger partial charge in [-0.05, 0) is 70.6 Å². The van der Waals surface area contributed by atoms with Crippen LogP contribution in [0.15, 0.2) is 72.9 Å². The number of hydrogen-bond donors (Lipinski definition) is 0. The molecular formula is C71H126O6. The molecule has 0 bridgehead atoms. The molecular weight excluding hydrogens is 949 g/mol. The maximum absolute atomic E-state index is 12.9. The molecule has 0 aliphatic heterocycles. The summed E-state index contributed by atoms with van der Waals surface area (Å²) in [6.45, 7) is 6.57. The van der Waals surface area contributed by atoms with Crippen LogP contribution in [-0.2, 0) is 28.6 Å². The Labute approximate surface area is 478 Å². The van der Waals surface area contributed by atoms with E-state index in [-0.39, 0.29) is 31.1 Å². The van der Waals surface area contributed by atoms with Crippen LogP contribution < -0.4 is 0 Å². The minimum absolute atomic E-state index is 0.0706. The van der Waals surface area contributed by atoms with Crippen molar-refractivity contribution in [2.75, 3.05) is 13.2 Å². The van der Waals surface area contributed by atoms with Crippen molar-refractivity contribution < 1.29 is 28.6 Å². The molecule has 0 radical (unpaired) electrons. The van der Waals surface area contributed by atoms with Crippen molar-refractivity contribution in [3.8, 4) is 0 Å². The monoisotopic (exact) mass is 1070 g/mol. The molecule has 0 aliphatic rings. The zero-order valence-corrected chi connectivity index (χ0v) is 51.2. The Morgan fingerprint density at radius 1 is 0.273 bits per heavy atom. The summed E-state index contributed by atoms with van der Waals surface area (Å²) in [6, 6.07) is 0. The first-order valence-corrected chi connectivity index (χ1v) is 33.4. The van der Waals surface area contributed by atoms with Crippen molar-refractivity contribution in [1.82, 2.24) is 0 Å². The molecule has 77 heavy (non-hydrogen) atoms. The Morgan fingerprint density at radius 2 is 0.506 bits per heavy atom. The second kappa shape index (κ2) is 65.4. The molecule has 0 aromatic carbocycles. The second-order valence-electron chi connectivity index (χ2n) is 22.4. The van der Waals surface area contributed by atoms with E-state index in [0.717, 1.165) is 96.3 Å². The fraction of sp³-hybridized carbons (Fsp3) is 0.789. The van der Waals surface area contributed by atoms with E-state index in [1.54, 1.807) is 0 Å². The van der Waals surface area contributed by atoms with Crippen molar-refractivity contribution in [2.45, 2.75) is 348 Å². The minimum Gasteiger partial charge on any atom is -0.462 e. The number of carbonyl (C=O) groups excluding carboxylic acids is 3. The molecule has 0 heterocycles. The lowest BCUT2D eigenvalue weighted by Crippen LogP contribution is -2.30. The highest BCUT2D eigenvalue weighted by molar-refractivity contribution is 5.71. The van der Waals surface area contributed by atoms with Gasteiger partial charge in [0.15, 0.2) is 6.10 Å². The maximum Gasteiger partial charge on any atom is 0.306 e. The van der Waals surface area contributed by atoms with Crippen LogP contribution in [0.4, 0.5) is 0 Å². The maximum atomic E-state index is 12.9. The number of carbonyl (C=O) groups is 3. The third-order valence-corrected chi connectivity index (χ3v) is 14.7. The molecule has 0 rings (SSSR count). The first kappa shape index (κ1) is 73.8. The Hall–Kier alpha value is -3.15. The summed E-state index contributed by atoms with van der Waals surface area (Å²) in [5, 5.41) is 0. The quantitative estimate of drug-likeness (QED) is 0.0261. The highest BCUT2D eigenvalue weighted by atomic mass is 16.6. The molecule has 0 spiro atoms. The van der Waals surface area contributed by atoms with Gasteiger partial charge in [-0.1, -0.05) is 325 Å². The Balaban J connectivity index is 4.25. The predicted octanol–water partition coefficient (Wildman–Crippen LogP) is 22.9. The van der Waals surface area contributed by atoms with Crippen molar-refractivity contribution >= 4 is 17.9 Å². The number of unbranched alkanes of at least 4 members (excludes halogenated alkanes) is 38. The minimum atomic E-state index is -0.774. The van der Waals surface area contributed by atoms with E-state index < -0.39 is 6.10 Å². The van der Waals surface area contributed by atoms with Crippen LogP contribution in [0.2, 0.25) is 0 Å². The van der Waals surface area contributed by atoms with Gasteiger partial charge >= 0.3 is 17.9 Å². The van der Waals surface area contributed by atoms with Gasteiger partial charge in [0.05, 0.1) is 0 Å². The highest BCUT2D eigenvalue weighted by Crippen LogP contribution is 2.17. The molecule has 0 fully saturated rings. The first-order valence-electron chi connectivity index (χ1n) is 33.4. The summed E-state index contributed by atoms with van der Waals surface area (Å²) in [5.41, 5.74) is 0. The zero-order chi connectivity index (χ0) is 55.7. The van der Waals surface area contributed by atoms with Crippen LogP contribution in [0.3, 0.4) is 0 Å². The fourth-order valence-electron chi connectivity index (χ4n) is 9.74. The van der Waals surface area contributed by atoms with E-state index in [1.165, 1.54) is 205 Å². The molecule has 1 atom stereocenters. The van der Waals surface area contributed by atoms with Crippen LogP contribution in [0.5, 0.6) is 0 Å². The molecule has 0 aromatic rings. The van der Waals surface area contributed by atoms with E-state index in [9.17, 15) is 14.4 Å². The summed E-state index contributed by atoms with van der Waals surface area (Å²) >= 11 is 0. The third kappa shape index (κ3) is 63.6. The van der Waals surface area contributed by atoms with Crippen LogP contribution in [0.25, 0.3) is 0 Å². The fourth-order valence-corrected chi connectivity index (χ4v) is 9.74. The molecule has 1 unspecified atom stereocenters. The predicted molar refractivity (Wildman–Crippen MR) is 335 cm³/mol. The van der Waals surface area contributed by atoms with Gasteiger partial charge in [0.1, 0.15) is 13.2 Å².